The Morgan fingerprint density at radius 1 is 1.24 bits per heavy atom. The molecule has 0 atom stereocenters. The number of nitrogens with zero attached hydrogens (tertiary/aromatic N) is 1. The van der Waals surface area contributed by atoms with Crippen LogP contribution in [0, 0.1) is 18.7 Å². The number of rotatable bonds is 4. The molecule has 0 fully saturated rings. The molecule has 0 aliphatic carbocycles. The number of hydrogen-bond acceptors (Lipinski definition) is 2. The van der Waals surface area contributed by atoms with Gasteiger partial charge in [-0.25, -0.2) is 4.39 Å². The summed E-state index contributed by atoms with van der Waals surface area (Å²) in [6, 6.07) is 3.61. The van der Waals surface area contributed by atoms with Crippen molar-refractivity contribution in [3.05, 3.63) is 23.5 Å². The number of aryl methyl sites for hydroxylation is 1. The molecule has 96 valence electrons. The third-order valence-corrected chi connectivity index (χ3v) is 2.80. The lowest BCUT2D eigenvalue weighted by Gasteiger charge is -2.32. The van der Waals surface area contributed by atoms with Crippen molar-refractivity contribution in [3.8, 4) is 0 Å². The SMILES string of the molecule is Cc1cc(N(CC(C)C)C(C)C)c(N)cc1F. The van der Waals surface area contributed by atoms with Gasteiger partial charge in [-0.15, -0.1) is 0 Å². The zero-order chi connectivity index (χ0) is 13.2. The smallest absolute Gasteiger partial charge is 0.128 e. The number of halogens is 1. The monoisotopic (exact) mass is 238 g/mol. The Labute approximate surface area is 104 Å². The minimum absolute atomic E-state index is 0.237. The van der Waals surface area contributed by atoms with Crippen molar-refractivity contribution in [2.24, 2.45) is 5.92 Å². The first-order chi connectivity index (χ1) is 7.82. The number of anilines is 2. The van der Waals surface area contributed by atoms with Crippen LogP contribution in [0.1, 0.15) is 33.3 Å². The van der Waals surface area contributed by atoms with E-state index >= 15 is 0 Å². The predicted octanol–water partition coefficient (Wildman–Crippen LogP) is 3.59. The maximum atomic E-state index is 13.4. The molecular formula is C14H23FN2. The van der Waals surface area contributed by atoms with Gasteiger partial charge in [0.2, 0.25) is 0 Å². The van der Waals surface area contributed by atoms with Crippen molar-refractivity contribution in [2.75, 3.05) is 17.2 Å². The quantitative estimate of drug-likeness (QED) is 0.812. The highest BCUT2D eigenvalue weighted by Gasteiger charge is 2.16. The van der Waals surface area contributed by atoms with Crippen molar-refractivity contribution in [3.63, 3.8) is 0 Å². The molecule has 1 aromatic rings. The van der Waals surface area contributed by atoms with Gasteiger partial charge >= 0.3 is 0 Å². The molecular weight excluding hydrogens is 215 g/mol. The van der Waals surface area contributed by atoms with E-state index in [-0.39, 0.29) is 5.82 Å². The number of benzene rings is 1. The predicted molar refractivity (Wildman–Crippen MR) is 72.9 cm³/mol. The number of hydrogen-bond donors (Lipinski definition) is 1. The summed E-state index contributed by atoms with van der Waals surface area (Å²) in [6.07, 6.45) is 0. The Kier molecular flexibility index (Phi) is 4.38. The first kappa shape index (κ1) is 13.8. The molecule has 2 nitrogen and oxygen atoms in total. The molecule has 0 amide bonds. The Hall–Kier alpha value is -1.25. The van der Waals surface area contributed by atoms with Crippen molar-refractivity contribution in [1.82, 2.24) is 0 Å². The van der Waals surface area contributed by atoms with Gasteiger partial charge in [0, 0.05) is 12.6 Å². The second-order valence-electron chi connectivity index (χ2n) is 5.30. The summed E-state index contributed by atoms with van der Waals surface area (Å²) < 4.78 is 13.4. The normalized spacial score (nSPS) is 11.3. The molecule has 0 spiro atoms. The molecule has 3 heteroatoms. The summed E-state index contributed by atoms with van der Waals surface area (Å²) in [6.45, 7) is 11.3. The maximum Gasteiger partial charge on any atom is 0.128 e. The van der Waals surface area contributed by atoms with E-state index in [1.165, 1.54) is 6.07 Å². The molecule has 0 aliphatic rings. The lowest BCUT2D eigenvalue weighted by Crippen LogP contribution is -2.34. The van der Waals surface area contributed by atoms with Crippen molar-refractivity contribution in [2.45, 2.75) is 40.7 Å². The van der Waals surface area contributed by atoms with Crippen LogP contribution in [-0.2, 0) is 0 Å². The van der Waals surface area contributed by atoms with E-state index in [2.05, 4.69) is 32.6 Å². The van der Waals surface area contributed by atoms with Crippen LogP contribution < -0.4 is 10.6 Å². The van der Waals surface area contributed by atoms with Gasteiger partial charge in [0.05, 0.1) is 11.4 Å². The zero-order valence-corrected chi connectivity index (χ0v) is 11.4. The Balaban J connectivity index is 3.14. The van der Waals surface area contributed by atoms with E-state index in [4.69, 9.17) is 5.73 Å². The molecule has 1 aromatic carbocycles. The first-order valence-corrected chi connectivity index (χ1v) is 6.15. The van der Waals surface area contributed by atoms with E-state index in [0.717, 1.165) is 12.2 Å². The fraction of sp³-hybridized carbons (Fsp3) is 0.571. The molecule has 0 unspecified atom stereocenters. The Bertz CT molecular complexity index is 386. The second kappa shape index (κ2) is 5.39. The van der Waals surface area contributed by atoms with Gasteiger partial charge in [-0.3, -0.25) is 0 Å². The van der Waals surface area contributed by atoms with Gasteiger partial charge in [-0.2, -0.15) is 0 Å². The first-order valence-electron chi connectivity index (χ1n) is 6.15. The fourth-order valence-electron chi connectivity index (χ4n) is 1.91. The average molecular weight is 238 g/mol. The highest BCUT2D eigenvalue weighted by molar-refractivity contribution is 5.69. The molecule has 1 rings (SSSR count). The average Bonchev–Trinajstić information content (AvgIpc) is 2.20. The van der Waals surface area contributed by atoms with Gasteiger partial charge in [-0.1, -0.05) is 13.8 Å². The van der Waals surface area contributed by atoms with E-state index in [1.54, 1.807) is 6.92 Å². The van der Waals surface area contributed by atoms with Crippen LogP contribution in [-0.4, -0.2) is 12.6 Å². The van der Waals surface area contributed by atoms with E-state index in [0.29, 0.717) is 23.2 Å². The summed E-state index contributed by atoms with van der Waals surface area (Å²) in [5.74, 6) is 0.307. The highest BCUT2D eigenvalue weighted by atomic mass is 19.1. The van der Waals surface area contributed by atoms with E-state index in [1.807, 2.05) is 6.07 Å². The Morgan fingerprint density at radius 2 is 1.82 bits per heavy atom. The van der Waals surface area contributed by atoms with Crippen molar-refractivity contribution < 1.29 is 4.39 Å². The standard InChI is InChI=1S/C14H23FN2/c1-9(2)8-17(10(3)4)14-6-11(5)12(15)7-13(14)16/h6-7,9-10H,8,16H2,1-5H3. The largest absolute Gasteiger partial charge is 0.397 e. The molecule has 0 aliphatic heterocycles. The van der Waals surface area contributed by atoms with Crippen LogP contribution in [0.2, 0.25) is 0 Å². The summed E-state index contributed by atoms with van der Waals surface area (Å²) in [5.41, 5.74) is 8.02. The molecule has 0 aromatic heterocycles. The van der Waals surface area contributed by atoms with Crippen LogP contribution in [0.5, 0.6) is 0 Å². The molecule has 0 radical (unpaired) electrons. The van der Waals surface area contributed by atoms with Crippen LogP contribution in [0.4, 0.5) is 15.8 Å². The third-order valence-electron chi connectivity index (χ3n) is 2.80. The minimum Gasteiger partial charge on any atom is -0.397 e. The zero-order valence-electron chi connectivity index (χ0n) is 11.4. The van der Waals surface area contributed by atoms with Gasteiger partial charge in [0.25, 0.3) is 0 Å². The second-order valence-corrected chi connectivity index (χ2v) is 5.30. The molecule has 2 N–H and O–H groups in total. The highest BCUT2D eigenvalue weighted by Crippen LogP contribution is 2.28. The van der Waals surface area contributed by atoms with Crippen LogP contribution >= 0.6 is 0 Å². The van der Waals surface area contributed by atoms with Gasteiger partial charge in [0.1, 0.15) is 5.82 Å². The number of nitrogens with two attached hydrogens (primary N) is 1. The summed E-state index contributed by atoms with van der Waals surface area (Å²) >= 11 is 0. The van der Waals surface area contributed by atoms with Gasteiger partial charge in [0.15, 0.2) is 0 Å². The lowest BCUT2D eigenvalue weighted by atomic mass is 10.1. The van der Waals surface area contributed by atoms with Crippen LogP contribution in [0.3, 0.4) is 0 Å². The van der Waals surface area contributed by atoms with Gasteiger partial charge in [-0.05, 0) is 44.4 Å². The molecule has 0 saturated heterocycles. The fourth-order valence-corrected chi connectivity index (χ4v) is 1.91. The van der Waals surface area contributed by atoms with Crippen LogP contribution in [0.15, 0.2) is 12.1 Å². The third kappa shape index (κ3) is 3.35. The van der Waals surface area contributed by atoms with Crippen LogP contribution in [0.25, 0.3) is 0 Å². The summed E-state index contributed by atoms with van der Waals surface area (Å²) in [5, 5.41) is 0. The maximum absolute atomic E-state index is 13.4. The van der Waals surface area contributed by atoms with Crippen molar-refractivity contribution >= 4 is 11.4 Å². The lowest BCUT2D eigenvalue weighted by molar-refractivity contribution is 0.570. The molecule has 0 saturated carbocycles. The summed E-state index contributed by atoms with van der Waals surface area (Å²) in [7, 11) is 0. The molecule has 17 heavy (non-hydrogen) atoms. The topological polar surface area (TPSA) is 29.3 Å². The van der Waals surface area contributed by atoms with Crippen molar-refractivity contribution in [1.29, 1.82) is 0 Å². The van der Waals surface area contributed by atoms with E-state index in [9.17, 15) is 4.39 Å². The summed E-state index contributed by atoms with van der Waals surface area (Å²) in [4.78, 5) is 2.23. The number of nitrogen functional groups attached to an aromatic ring is 1. The van der Waals surface area contributed by atoms with Gasteiger partial charge < -0.3 is 10.6 Å². The molecule has 0 bridgehead atoms. The minimum atomic E-state index is -0.237. The molecule has 0 heterocycles. The van der Waals surface area contributed by atoms with E-state index < -0.39 is 0 Å². The Morgan fingerprint density at radius 3 is 2.29 bits per heavy atom.